The van der Waals surface area contributed by atoms with Crippen molar-refractivity contribution in [3.05, 3.63) is 29.8 Å². The molecule has 0 aliphatic heterocycles. The number of nitrogens with zero attached hydrogens (tertiary/aromatic N) is 1. The first-order chi connectivity index (χ1) is 12.7. The molecule has 0 aromatic heterocycles. The SMILES string of the molecule is COc1ccc(C(=O)NC(C(=O)NCCN(C(C)C)C(C)C)C(C)C)cc1. The molecule has 0 aliphatic carbocycles. The van der Waals surface area contributed by atoms with Crippen LogP contribution in [0.1, 0.15) is 51.9 Å². The maximum absolute atomic E-state index is 12.6. The van der Waals surface area contributed by atoms with Crippen molar-refractivity contribution in [3.8, 4) is 5.75 Å². The number of hydrogen-bond donors (Lipinski definition) is 2. The van der Waals surface area contributed by atoms with Crippen molar-refractivity contribution in [1.29, 1.82) is 0 Å². The van der Waals surface area contributed by atoms with Gasteiger partial charge in [-0.15, -0.1) is 0 Å². The molecule has 27 heavy (non-hydrogen) atoms. The molecule has 1 aromatic rings. The van der Waals surface area contributed by atoms with E-state index in [1.807, 2.05) is 13.8 Å². The highest BCUT2D eigenvalue weighted by molar-refractivity contribution is 5.97. The Labute approximate surface area is 163 Å². The minimum absolute atomic E-state index is 0.0153. The highest BCUT2D eigenvalue weighted by Crippen LogP contribution is 2.12. The van der Waals surface area contributed by atoms with Gasteiger partial charge in [0.1, 0.15) is 11.8 Å². The van der Waals surface area contributed by atoms with Crippen LogP contribution in [0.3, 0.4) is 0 Å². The standard InChI is InChI=1S/C21H35N3O3/c1-14(2)19(21(26)22-12-13-24(15(3)4)16(5)6)23-20(25)17-8-10-18(27-7)11-9-17/h8-11,14-16,19H,12-13H2,1-7H3,(H,22,26)(H,23,25). The Balaban J connectivity index is 2.65. The zero-order chi connectivity index (χ0) is 20.6. The van der Waals surface area contributed by atoms with Gasteiger partial charge in [-0.1, -0.05) is 13.8 Å². The van der Waals surface area contributed by atoms with E-state index in [4.69, 9.17) is 4.74 Å². The lowest BCUT2D eigenvalue weighted by Crippen LogP contribution is -2.51. The van der Waals surface area contributed by atoms with Crippen LogP contribution in [0.5, 0.6) is 5.75 Å². The van der Waals surface area contributed by atoms with Crippen LogP contribution in [0.25, 0.3) is 0 Å². The van der Waals surface area contributed by atoms with Crippen molar-refractivity contribution in [2.75, 3.05) is 20.2 Å². The van der Waals surface area contributed by atoms with Gasteiger partial charge in [0.05, 0.1) is 7.11 Å². The molecule has 2 N–H and O–H groups in total. The van der Waals surface area contributed by atoms with Gasteiger partial charge in [-0.25, -0.2) is 0 Å². The van der Waals surface area contributed by atoms with Crippen LogP contribution >= 0.6 is 0 Å². The first-order valence-corrected chi connectivity index (χ1v) is 9.65. The molecule has 1 aromatic carbocycles. The zero-order valence-corrected chi connectivity index (χ0v) is 17.7. The predicted molar refractivity (Wildman–Crippen MR) is 109 cm³/mol. The molecule has 0 bridgehead atoms. The van der Waals surface area contributed by atoms with Crippen molar-refractivity contribution in [2.24, 2.45) is 5.92 Å². The summed E-state index contributed by atoms with van der Waals surface area (Å²) < 4.78 is 5.10. The van der Waals surface area contributed by atoms with Gasteiger partial charge in [0.15, 0.2) is 0 Å². The Morgan fingerprint density at radius 3 is 2.00 bits per heavy atom. The Bertz CT molecular complexity index is 589. The van der Waals surface area contributed by atoms with Gasteiger partial charge in [-0.2, -0.15) is 0 Å². The average Bonchev–Trinajstić information content (AvgIpc) is 2.61. The third-order valence-corrected chi connectivity index (χ3v) is 4.58. The monoisotopic (exact) mass is 377 g/mol. The van der Waals surface area contributed by atoms with Gasteiger partial charge in [0, 0.05) is 30.7 Å². The van der Waals surface area contributed by atoms with E-state index in [1.54, 1.807) is 31.4 Å². The second kappa shape index (κ2) is 10.9. The van der Waals surface area contributed by atoms with Crippen LogP contribution in [0.15, 0.2) is 24.3 Å². The second-order valence-electron chi connectivity index (χ2n) is 7.64. The first-order valence-electron chi connectivity index (χ1n) is 9.65. The summed E-state index contributed by atoms with van der Waals surface area (Å²) in [5.41, 5.74) is 0.500. The zero-order valence-electron chi connectivity index (χ0n) is 17.7. The lowest BCUT2D eigenvalue weighted by Gasteiger charge is -2.31. The number of amides is 2. The lowest BCUT2D eigenvalue weighted by atomic mass is 10.0. The van der Waals surface area contributed by atoms with E-state index in [0.29, 0.717) is 29.9 Å². The summed E-state index contributed by atoms with van der Waals surface area (Å²) in [5, 5.41) is 5.81. The van der Waals surface area contributed by atoms with E-state index in [-0.39, 0.29) is 17.7 Å². The first kappa shape index (κ1) is 23.0. The summed E-state index contributed by atoms with van der Waals surface area (Å²) in [6.45, 7) is 13.8. The molecule has 1 atom stereocenters. The number of ether oxygens (including phenoxy) is 1. The Kier molecular flexibility index (Phi) is 9.29. The number of hydrogen-bond acceptors (Lipinski definition) is 4. The van der Waals surface area contributed by atoms with Crippen molar-refractivity contribution in [1.82, 2.24) is 15.5 Å². The Hall–Kier alpha value is -2.08. The topological polar surface area (TPSA) is 70.7 Å². The number of carbonyl (C=O) groups is 2. The molecule has 152 valence electrons. The van der Waals surface area contributed by atoms with Crippen LogP contribution in [-0.2, 0) is 4.79 Å². The van der Waals surface area contributed by atoms with E-state index in [9.17, 15) is 9.59 Å². The summed E-state index contributed by atoms with van der Waals surface area (Å²) in [7, 11) is 1.58. The van der Waals surface area contributed by atoms with Crippen molar-refractivity contribution in [3.63, 3.8) is 0 Å². The molecule has 0 spiro atoms. The average molecular weight is 378 g/mol. The van der Waals surface area contributed by atoms with Crippen molar-refractivity contribution < 1.29 is 14.3 Å². The fourth-order valence-corrected chi connectivity index (χ4v) is 3.03. The maximum Gasteiger partial charge on any atom is 0.251 e. The van der Waals surface area contributed by atoms with E-state index >= 15 is 0 Å². The Morgan fingerprint density at radius 1 is 1.00 bits per heavy atom. The number of methoxy groups -OCH3 is 1. The van der Waals surface area contributed by atoms with Gasteiger partial charge < -0.3 is 15.4 Å². The summed E-state index contributed by atoms with van der Waals surface area (Å²) in [4.78, 5) is 27.4. The van der Waals surface area contributed by atoms with E-state index in [2.05, 4.69) is 43.2 Å². The van der Waals surface area contributed by atoms with Gasteiger partial charge in [-0.05, 0) is 57.9 Å². The molecule has 1 rings (SSSR count). The van der Waals surface area contributed by atoms with Gasteiger partial charge in [-0.3, -0.25) is 14.5 Å². The molecule has 6 nitrogen and oxygen atoms in total. The normalized spacial score (nSPS) is 12.6. The van der Waals surface area contributed by atoms with Gasteiger partial charge >= 0.3 is 0 Å². The van der Waals surface area contributed by atoms with Crippen molar-refractivity contribution >= 4 is 11.8 Å². The Morgan fingerprint density at radius 2 is 1.56 bits per heavy atom. The van der Waals surface area contributed by atoms with Gasteiger partial charge in [0.25, 0.3) is 5.91 Å². The fourth-order valence-electron chi connectivity index (χ4n) is 3.03. The van der Waals surface area contributed by atoms with Gasteiger partial charge in [0.2, 0.25) is 5.91 Å². The molecule has 0 saturated heterocycles. The quantitative estimate of drug-likeness (QED) is 0.658. The van der Waals surface area contributed by atoms with E-state index in [0.717, 1.165) is 6.54 Å². The van der Waals surface area contributed by atoms with E-state index < -0.39 is 6.04 Å². The summed E-state index contributed by atoms with van der Waals surface area (Å²) >= 11 is 0. The van der Waals surface area contributed by atoms with Crippen LogP contribution < -0.4 is 15.4 Å². The highest BCUT2D eigenvalue weighted by atomic mass is 16.5. The third-order valence-electron chi connectivity index (χ3n) is 4.58. The minimum Gasteiger partial charge on any atom is -0.497 e. The molecule has 2 amide bonds. The number of benzene rings is 1. The molecule has 6 heteroatoms. The summed E-state index contributed by atoms with van der Waals surface area (Å²) in [5.74, 6) is 0.250. The number of nitrogens with one attached hydrogen (secondary N) is 2. The molecule has 0 heterocycles. The molecular weight excluding hydrogens is 342 g/mol. The van der Waals surface area contributed by atoms with Crippen LogP contribution in [0.4, 0.5) is 0 Å². The van der Waals surface area contributed by atoms with Crippen LogP contribution in [0, 0.1) is 5.92 Å². The predicted octanol–water partition coefficient (Wildman–Crippen LogP) is 2.68. The second-order valence-corrected chi connectivity index (χ2v) is 7.64. The lowest BCUT2D eigenvalue weighted by molar-refractivity contribution is -0.124. The van der Waals surface area contributed by atoms with E-state index in [1.165, 1.54) is 0 Å². The van der Waals surface area contributed by atoms with Crippen molar-refractivity contribution in [2.45, 2.75) is 59.7 Å². The molecular formula is C21H35N3O3. The number of rotatable bonds is 10. The van der Waals surface area contributed by atoms with Crippen LogP contribution in [-0.4, -0.2) is 55.0 Å². The molecule has 0 radical (unpaired) electrons. The maximum atomic E-state index is 12.6. The molecule has 0 aliphatic rings. The largest absolute Gasteiger partial charge is 0.497 e. The summed E-state index contributed by atoms with van der Waals surface area (Å²) in [6.07, 6.45) is 0. The molecule has 0 fully saturated rings. The fraction of sp³-hybridized carbons (Fsp3) is 0.619. The molecule has 1 unspecified atom stereocenters. The smallest absolute Gasteiger partial charge is 0.251 e. The van der Waals surface area contributed by atoms with Crippen LogP contribution in [0.2, 0.25) is 0 Å². The highest BCUT2D eigenvalue weighted by Gasteiger charge is 2.25. The molecule has 0 saturated carbocycles. The third kappa shape index (κ3) is 7.21. The number of carbonyl (C=O) groups excluding carboxylic acids is 2. The minimum atomic E-state index is -0.578. The summed E-state index contributed by atoms with van der Waals surface area (Å²) in [6, 6.07) is 7.08.